The molecule has 1 aliphatic rings. The Morgan fingerprint density at radius 3 is 2.87 bits per heavy atom. The lowest BCUT2D eigenvalue weighted by molar-refractivity contribution is -0.113. The molecule has 1 aromatic carbocycles. The van der Waals surface area contributed by atoms with Gasteiger partial charge in [-0.1, -0.05) is 6.07 Å². The maximum atomic E-state index is 12.6. The van der Waals surface area contributed by atoms with E-state index in [0.29, 0.717) is 34.3 Å². The lowest BCUT2D eigenvalue weighted by atomic mass is 10.0. The van der Waals surface area contributed by atoms with Crippen molar-refractivity contribution in [2.75, 3.05) is 25.3 Å². The van der Waals surface area contributed by atoms with Crippen molar-refractivity contribution in [1.29, 1.82) is 0 Å². The molecule has 0 fully saturated rings. The minimum absolute atomic E-state index is 0.114. The van der Waals surface area contributed by atoms with Crippen LogP contribution in [0.5, 0.6) is 11.5 Å². The quantitative estimate of drug-likeness (QED) is 0.500. The fourth-order valence-corrected chi connectivity index (χ4v) is 4.94. The molecule has 2 N–H and O–H groups in total. The topological polar surface area (TPSA) is 120 Å². The first kappa shape index (κ1) is 19.4. The zero-order valence-electron chi connectivity index (χ0n) is 17.0. The third-order valence-corrected chi connectivity index (χ3v) is 6.39. The highest BCUT2D eigenvalue weighted by atomic mass is 32.2. The van der Waals surface area contributed by atoms with Gasteiger partial charge in [0.25, 0.3) is 0 Å². The van der Waals surface area contributed by atoms with Gasteiger partial charge in [0, 0.05) is 17.2 Å². The van der Waals surface area contributed by atoms with Gasteiger partial charge in [-0.2, -0.15) is 9.78 Å². The number of nitrogens with zero attached hydrogens (tertiary/aromatic N) is 5. The standard InChI is InChI=1S/C20H19N7O3S/c1-10-15-17(12-5-4-11(29-2)6-13(12)30-3)31-7-14(28)25-19(15)27(26-10)20-16-18(22-8-21-16)23-9-24-20/h4-6,8-9,17H,7H2,1-3H3,(H,25,28)(H,21,22,23,24). The number of aromatic nitrogens is 6. The van der Waals surface area contributed by atoms with E-state index in [4.69, 9.17) is 14.6 Å². The molecule has 0 bridgehead atoms. The number of fused-ring (bicyclic) bond motifs is 2. The summed E-state index contributed by atoms with van der Waals surface area (Å²) in [5.74, 6) is 2.64. The van der Waals surface area contributed by atoms with Crippen LogP contribution >= 0.6 is 11.8 Å². The molecule has 11 heteroatoms. The molecule has 10 nitrogen and oxygen atoms in total. The summed E-state index contributed by atoms with van der Waals surface area (Å²) in [5.41, 5.74) is 3.76. The van der Waals surface area contributed by atoms with Gasteiger partial charge in [-0.3, -0.25) is 4.79 Å². The Hall–Kier alpha value is -3.60. The van der Waals surface area contributed by atoms with Crippen LogP contribution in [-0.4, -0.2) is 55.6 Å². The summed E-state index contributed by atoms with van der Waals surface area (Å²) in [6.07, 6.45) is 2.98. The molecule has 1 atom stereocenters. The number of hydrogen-bond acceptors (Lipinski definition) is 8. The fourth-order valence-electron chi connectivity index (χ4n) is 3.73. The van der Waals surface area contributed by atoms with Crippen LogP contribution in [0.1, 0.15) is 22.1 Å². The molecule has 4 aromatic rings. The molecule has 31 heavy (non-hydrogen) atoms. The second-order valence-corrected chi connectivity index (χ2v) is 8.00. The maximum Gasteiger partial charge on any atom is 0.235 e. The average molecular weight is 437 g/mol. The number of ether oxygens (including phenoxy) is 2. The zero-order valence-corrected chi connectivity index (χ0v) is 17.9. The number of thioether (sulfide) groups is 1. The van der Waals surface area contributed by atoms with Crippen molar-refractivity contribution in [1.82, 2.24) is 29.7 Å². The molecular weight excluding hydrogens is 418 g/mol. The SMILES string of the molecule is COc1ccc(C2SCC(=O)Nc3c2c(C)nn3-c2ncnc3nc[nH]c23)c(OC)c1. The summed E-state index contributed by atoms with van der Waals surface area (Å²) in [4.78, 5) is 28.4. The Morgan fingerprint density at radius 2 is 2.06 bits per heavy atom. The number of H-pyrrole nitrogens is 1. The second kappa shape index (κ2) is 7.58. The summed E-state index contributed by atoms with van der Waals surface area (Å²) in [5, 5.41) is 7.55. The van der Waals surface area contributed by atoms with E-state index in [1.807, 2.05) is 25.1 Å². The van der Waals surface area contributed by atoms with Crippen LogP contribution in [0.25, 0.3) is 17.0 Å². The maximum absolute atomic E-state index is 12.6. The van der Waals surface area contributed by atoms with Crippen molar-refractivity contribution in [2.45, 2.75) is 12.2 Å². The Balaban J connectivity index is 1.72. The Bertz CT molecular complexity index is 1300. The van der Waals surface area contributed by atoms with Crippen molar-refractivity contribution in [3.8, 4) is 17.3 Å². The van der Waals surface area contributed by atoms with Crippen molar-refractivity contribution in [3.63, 3.8) is 0 Å². The van der Waals surface area contributed by atoms with Crippen LogP contribution in [-0.2, 0) is 4.79 Å². The van der Waals surface area contributed by atoms with Gasteiger partial charge in [-0.05, 0) is 13.0 Å². The van der Waals surface area contributed by atoms with Crippen LogP contribution in [0.3, 0.4) is 0 Å². The van der Waals surface area contributed by atoms with Crippen LogP contribution in [0, 0.1) is 6.92 Å². The van der Waals surface area contributed by atoms with Gasteiger partial charge in [0.15, 0.2) is 11.5 Å². The molecule has 1 aliphatic heterocycles. The van der Waals surface area contributed by atoms with Crippen molar-refractivity contribution < 1.29 is 14.3 Å². The van der Waals surface area contributed by atoms with Crippen molar-refractivity contribution >= 4 is 34.7 Å². The molecular formula is C20H19N7O3S. The van der Waals surface area contributed by atoms with Crippen LogP contribution < -0.4 is 14.8 Å². The number of imidazole rings is 1. The Morgan fingerprint density at radius 1 is 1.19 bits per heavy atom. The highest BCUT2D eigenvalue weighted by Crippen LogP contribution is 2.47. The van der Waals surface area contributed by atoms with Gasteiger partial charge in [0.2, 0.25) is 5.91 Å². The molecule has 1 unspecified atom stereocenters. The van der Waals surface area contributed by atoms with E-state index < -0.39 is 0 Å². The van der Waals surface area contributed by atoms with E-state index in [2.05, 4.69) is 25.3 Å². The minimum Gasteiger partial charge on any atom is -0.497 e. The van der Waals surface area contributed by atoms with Crippen LogP contribution in [0.2, 0.25) is 0 Å². The van der Waals surface area contributed by atoms with Gasteiger partial charge < -0.3 is 19.8 Å². The number of aryl methyl sites for hydroxylation is 1. The van der Waals surface area contributed by atoms with Crippen molar-refractivity contribution in [2.24, 2.45) is 0 Å². The summed E-state index contributed by atoms with van der Waals surface area (Å²) >= 11 is 1.52. The highest BCUT2D eigenvalue weighted by Gasteiger charge is 2.33. The number of hydrogen-bond donors (Lipinski definition) is 2. The number of rotatable bonds is 4. The molecule has 4 heterocycles. The van der Waals surface area contributed by atoms with E-state index in [1.54, 1.807) is 25.2 Å². The molecule has 0 spiro atoms. The molecule has 1 amide bonds. The molecule has 0 aliphatic carbocycles. The molecule has 0 saturated heterocycles. The average Bonchev–Trinajstić information content (AvgIpc) is 3.34. The third-order valence-electron chi connectivity index (χ3n) is 5.13. The number of aromatic amines is 1. The van der Waals surface area contributed by atoms with E-state index in [9.17, 15) is 4.79 Å². The number of carbonyl (C=O) groups is 1. The molecule has 158 valence electrons. The van der Waals surface area contributed by atoms with Crippen LogP contribution in [0.4, 0.5) is 5.82 Å². The number of nitrogens with one attached hydrogen (secondary N) is 2. The summed E-state index contributed by atoms with van der Waals surface area (Å²) in [7, 11) is 3.23. The van der Waals surface area contributed by atoms with E-state index in [1.165, 1.54) is 18.1 Å². The van der Waals surface area contributed by atoms with Gasteiger partial charge in [-0.15, -0.1) is 11.8 Å². The normalized spacial score (nSPS) is 16.0. The smallest absolute Gasteiger partial charge is 0.235 e. The Labute approximate surface area is 181 Å². The van der Waals surface area contributed by atoms with Gasteiger partial charge in [0.1, 0.15) is 29.2 Å². The minimum atomic E-state index is -0.178. The molecule has 0 radical (unpaired) electrons. The second-order valence-electron chi connectivity index (χ2n) is 6.91. The zero-order chi connectivity index (χ0) is 21.5. The highest BCUT2D eigenvalue weighted by molar-refractivity contribution is 8.00. The van der Waals surface area contributed by atoms with E-state index in [-0.39, 0.29) is 16.9 Å². The lowest BCUT2D eigenvalue weighted by Gasteiger charge is -2.19. The number of anilines is 1. The van der Waals surface area contributed by atoms with E-state index in [0.717, 1.165) is 16.8 Å². The molecule has 0 saturated carbocycles. The summed E-state index contributed by atoms with van der Waals surface area (Å²) < 4.78 is 12.6. The predicted octanol–water partition coefficient (Wildman–Crippen LogP) is 2.64. The number of benzene rings is 1. The summed E-state index contributed by atoms with van der Waals surface area (Å²) in [6, 6.07) is 5.69. The van der Waals surface area contributed by atoms with Crippen molar-refractivity contribution in [3.05, 3.63) is 47.7 Å². The van der Waals surface area contributed by atoms with E-state index >= 15 is 0 Å². The largest absolute Gasteiger partial charge is 0.497 e. The van der Waals surface area contributed by atoms with Gasteiger partial charge in [-0.25, -0.2) is 15.0 Å². The molecule has 3 aromatic heterocycles. The lowest BCUT2D eigenvalue weighted by Crippen LogP contribution is -2.16. The third kappa shape index (κ3) is 3.17. The van der Waals surface area contributed by atoms with Crippen LogP contribution in [0.15, 0.2) is 30.9 Å². The number of carbonyl (C=O) groups excluding carboxylic acids is 1. The first-order chi connectivity index (χ1) is 15.1. The monoisotopic (exact) mass is 437 g/mol. The van der Waals surface area contributed by atoms with Gasteiger partial charge in [0.05, 0.1) is 37.2 Å². The predicted molar refractivity (Wildman–Crippen MR) is 116 cm³/mol. The fraction of sp³-hybridized carbons (Fsp3) is 0.250. The number of methoxy groups -OCH3 is 2. The Kier molecular flexibility index (Phi) is 4.74. The van der Waals surface area contributed by atoms with Gasteiger partial charge >= 0.3 is 0 Å². The first-order valence-electron chi connectivity index (χ1n) is 9.48. The number of amides is 1. The molecule has 5 rings (SSSR count). The first-order valence-corrected chi connectivity index (χ1v) is 10.5. The summed E-state index contributed by atoms with van der Waals surface area (Å²) in [6.45, 7) is 1.92.